The van der Waals surface area contributed by atoms with Gasteiger partial charge in [-0.2, -0.15) is 4.98 Å². The van der Waals surface area contributed by atoms with E-state index in [0.717, 1.165) is 24.3 Å². The van der Waals surface area contributed by atoms with Crippen LogP contribution in [0.4, 0.5) is 0 Å². The average Bonchev–Trinajstić information content (AvgIpc) is 3.17. The molecule has 27 heavy (non-hydrogen) atoms. The minimum atomic E-state index is 0.0765. The van der Waals surface area contributed by atoms with Crippen molar-refractivity contribution in [2.75, 3.05) is 0 Å². The van der Waals surface area contributed by atoms with E-state index in [1.807, 2.05) is 30.3 Å². The van der Waals surface area contributed by atoms with Crippen LogP contribution in [0.25, 0.3) is 11.4 Å². The molecule has 1 amide bonds. The van der Waals surface area contributed by atoms with Crippen molar-refractivity contribution in [1.82, 2.24) is 15.5 Å². The second-order valence-corrected chi connectivity index (χ2v) is 8.34. The summed E-state index contributed by atoms with van der Waals surface area (Å²) >= 11 is 0. The second kappa shape index (κ2) is 8.68. The maximum Gasteiger partial charge on any atom is 0.227 e. The molecule has 1 saturated carbocycles. The van der Waals surface area contributed by atoms with Crippen LogP contribution in [0.5, 0.6) is 0 Å². The molecule has 0 aliphatic heterocycles. The van der Waals surface area contributed by atoms with Gasteiger partial charge in [0.1, 0.15) is 0 Å². The largest absolute Gasteiger partial charge is 0.353 e. The molecular weight excluding hydrogens is 338 g/mol. The van der Waals surface area contributed by atoms with Crippen LogP contribution >= 0.6 is 0 Å². The molecule has 1 aliphatic carbocycles. The van der Waals surface area contributed by atoms with Crippen LogP contribution in [-0.2, 0) is 11.2 Å². The minimum Gasteiger partial charge on any atom is -0.353 e. The molecule has 1 N–H and O–H groups in total. The third-order valence-electron chi connectivity index (χ3n) is 6.17. The number of rotatable bonds is 7. The van der Waals surface area contributed by atoms with E-state index in [1.165, 1.54) is 19.3 Å². The first-order valence-corrected chi connectivity index (χ1v) is 10.2. The minimum absolute atomic E-state index is 0.0765. The molecule has 5 nitrogen and oxygen atoms in total. The number of nitrogens with one attached hydrogen (secondary N) is 1. The Morgan fingerprint density at radius 3 is 2.56 bits per heavy atom. The van der Waals surface area contributed by atoms with Crippen molar-refractivity contribution < 1.29 is 9.32 Å². The van der Waals surface area contributed by atoms with Gasteiger partial charge in [-0.25, -0.2) is 0 Å². The molecule has 0 saturated heterocycles. The zero-order valence-electron chi connectivity index (χ0n) is 16.7. The molecule has 1 aromatic heterocycles. The van der Waals surface area contributed by atoms with E-state index in [0.29, 0.717) is 36.0 Å². The summed E-state index contributed by atoms with van der Waals surface area (Å²) in [6.07, 6.45) is 6.65. The zero-order chi connectivity index (χ0) is 19.3. The predicted octanol–water partition coefficient (Wildman–Crippen LogP) is 4.78. The number of carbonyl (C=O) groups excluding carboxylic acids is 1. The maximum atomic E-state index is 12.3. The Bertz CT molecular complexity index is 731. The summed E-state index contributed by atoms with van der Waals surface area (Å²) in [6.45, 7) is 7.00. The monoisotopic (exact) mass is 369 g/mol. The highest BCUT2D eigenvalue weighted by Gasteiger charge is 2.32. The third kappa shape index (κ3) is 5.18. The fourth-order valence-corrected chi connectivity index (χ4v) is 3.89. The van der Waals surface area contributed by atoms with Crippen LogP contribution in [-0.4, -0.2) is 22.1 Å². The standard InChI is InChI=1S/C22H31N3O2/c1-4-22(2,3)17-10-12-18(13-11-17)23-19(26)14-15-20-24-21(25-27-20)16-8-6-5-7-9-16/h5-9,17-18H,4,10-15H2,1-3H3,(H,23,26). The molecule has 1 aromatic carbocycles. The lowest BCUT2D eigenvalue weighted by Gasteiger charge is -2.39. The summed E-state index contributed by atoms with van der Waals surface area (Å²) in [5.74, 6) is 1.93. The Hall–Kier alpha value is -2.17. The smallest absolute Gasteiger partial charge is 0.227 e. The summed E-state index contributed by atoms with van der Waals surface area (Å²) in [5, 5.41) is 7.19. The molecule has 1 aliphatic rings. The number of aryl methyl sites for hydroxylation is 1. The first-order chi connectivity index (χ1) is 13.0. The fourth-order valence-electron chi connectivity index (χ4n) is 3.89. The van der Waals surface area contributed by atoms with Crippen LogP contribution in [0.3, 0.4) is 0 Å². The molecule has 1 fully saturated rings. The molecule has 0 spiro atoms. The number of aromatic nitrogens is 2. The first-order valence-electron chi connectivity index (χ1n) is 10.2. The number of hydrogen-bond acceptors (Lipinski definition) is 4. The highest BCUT2D eigenvalue weighted by Crippen LogP contribution is 2.40. The van der Waals surface area contributed by atoms with Gasteiger partial charge in [0.05, 0.1) is 0 Å². The van der Waals surface area contributed by atoms with Crippen LogP contribution in [0.2, 0.25) is 0 Å². The van der Waals surface area contributed by atoms with E-state index in [9.17, 15) is 4.79 Å². The Kier molecular flexibility index (Phi) is 6.30. The third-order valence-corrected chi connectivity index (χ3v) is 6.17. The number of amides is 1. The molecule has 2 aromatic rings. The normalized spacial score (nSPS) is 20.4. The lowest BCUT2D eigenvalue weighted by Crippen LogP contribution is -2.40. The van der Waals surface area contributed by atoms with Crippen LogP contribution < -0.4 is 5.32 Å². The zero-order valence-corrected chi connectivity index (χ0v) is 16.7. The van der Waals surface area contributed by atoms with E-state index < -0.39 is 0 Å². The van der Waals surface area contributed by atoms with Gasteiger partial charge in [0.2, 0.25) is 17.6 Å². The van der Waals surface area contributed by atoms with Crippen molar-refractivity contribution in [2.24, 2.45) is 11.3 Å². The number of carbonyl (C=O) groups is 1. The average molecular weight is 370 g/mol. The van der Waals surface area contributed by atoms with Crippen molar-refractivity contribution in [2.45, 2.75) is 71.8 Å². The molecule has 0 atom stereocenters. The van der Waals surface area contributed by atoms with E-state index in [4.69, 9.17) is 4.52 Å². The maximum absolute atomic E-state index is 12.3. The second-order valence-electron chi connectivity index (χ2n) is 8.34. The molecule has 146 valence electrons. The number of benzene rings is 1. The molecule has 1 heterocycles. The molecule has 3 rings (SSSR count). The topological polar surface area (TPSA) is 68.0 Å². The fraction of sp³-hybridized carbons (Fsp3) is 0.591. The summed E-state index contributed by atoms with van der Waals surface area (Å²) in [7, 11) is 0. The quantitative estimate of drug-likeness (QED) is 0.762. The first kappa shape index (κ1) is 19.6. The lowest BCUT2D eigenvalue weighted by molar-refractivity contribution is -0.122. The van der Waals surface area contributed by atoms with Crippen molar-refractivity contribution in [3.05, 3.63) is 36.2 Å². The van der Waals surface area contributed by atoms with Gasteiger partial charge in [-0.1, -0.05) is 62.7 Å². The summed E-state index contributed by atoms with van der Waals surface area (Å²) < 4.78 is 5.28. The summed E-state index contributed by atoms with van der Waals surface area (Å²) in [5.41, 5.74) is 1.33. The van der Waals surface area contributed by atoms with Crippen LogP contribution in [0.1, 0.15) is 65.2 Å². The van der Waals surface area contributed by atoms with Crippen molar-refractivity contribution in [3.8, 4) is 11.4 Å². The van der Waals surface area contributed by atoms with E-state index >= 15 is 0 Å². The molecule has 0 bridgehead atoms. The van der Waals surface area contributed by atoms with Crippen molar-refractivity contribution in [3.63, 3.8) is 0 Å². The van der Waals surface area contributed by atoms with E-state index in [-0.39, 0.29) is 5.91 Å². The SMILES string of the molecule is CCC(C)(C)C1CCC(NC(=O)CCc2nc(-c3ccccc3)no2)CC1. The predicted molar refractivity (Wildman–Crippen MR) is 106 cm³/mol. The van der Waals surface area contributed by atoms with Gasteiger partial charge in [-0.15, -0.1) is 0 Å². The van der Waals surface area contributed by atoms with Gasteiger partial charge < -0.3 is 9.84 Å². The summed E-state index contributed by atoms with van der Waals surface area (Å²) in [6, 6.07) is 10.0. The van der Waals surface area contributed by atoms with Crippen LogP contribution in [0.15, 0.2) is 34.9 Å². The van der Waals surface area contributed by atoms with Gasteiger partial charge in [0.15, 0.2) is 0 Å². The summed E-state index contributed by atoms with van der Waals surface area (Å²) in [4.78, 5) is 16.7. The Labute approximate surface area is 161 Å². The Morgan fingerprint density at radius 2 is 1.89 bits per heavy atom. The number of nitrogens with zero attached hydrogens (tertiary/aromatic N) is 2. The van der Waals surface area contributed by atoms with Gasteiger partial charge in [-0.3, -0.25) is 4.79 Å². The van der Waals surface area contributed by atoms with Crippen molar-refractivity contribution >= 4 is 5.91 Å². The Balaban J connectivity index is 1.43. The van der Waals surface area contributed by atoms with Crippen LogP contribution in [0, 0.1) is 11.3 Å². The number of hydrogen-bond donors (Lipinski definition) is 1. The Morgan fingerprint density at radius 1 is 1.19 bits per heavy atom. The van der Waals surface area contributed by atoms with Gasteiger partial charge in [-0.05, 0) is 37.0 Å². The molecular formula is C22H31N3O2. The van der Waals surface area contributed by atoms with Crippen molar-refractivity contribution in [1.29, 1.82) is 0 Å². The van der Waals surface area contributed by atoms with Gasteiger partial charge >= 0.3 is 0 Å². The van der Waals surface area contributed by atoms with Gasteiger partial charge in [0, 0.05) is 24.4 Å². The molecule has 0 unspecified atom stereocenters. The highest BCUT2D eigenvalue weighted by molar-refractivity contribution is 5.76. The molecule has 0 radical (unpaired) electrons. The highest BCUT2D eigenvalue weighted by atomic mass is 16.5. The van der Waals surface area contributed by atoms with E-state index in [1.54, 1.807) is 0 Å². The van der Waals surface area contributed by atoms with E-state index in [2.05, 4.69) is 36.2 Å². The van der Waals surface area contributed by atoms with Gasteiger partial charge in [0.25, 0.3) is 0 Å². The molecule has 5 heteroatoms. The lowest BCUT2D eigenvalue weighted by atomic mass is 9.69.